The second-order valence-corrected chi connectivity index (χ2v) is 26.1. The Balaban J connectivity index is 5.13. The molecule has 3 unspecified atom stereocenters. The van der Waals surface area contributed by atoms with Crippen LogP contribution >= 0.6 is 7.82 Å². The number of carbonyl (C=O) groups excluding carboxylic acids is 2. The summed E-state index contributed by atoms with van der Waals surface area (Å²) in [5.74, 6) is -0.558. The quantitative estimate of drug-likeness (QED) is 0.0212. The molecule has 0 aromatic heterocycles. The summed E-state index contributed by atoms with van der Waals surface area (Å²) < 4.78 is 30.4. The molecule has 1 amide bonds. The molecule has 3 atom stereocenters. The van der Waals surface area contributed by atoms with E-state index < -0.39 is 26.6 Å². The molecule has 10 heteroatoms. The number of quaternary nitrogens is 1. The van der Waals surface area contributed by atoms with Crippen LogP contribution in [0, 0.1) is 0 Å². The van der Waals surface area contributed by atoms with Gasteiger partial charge in [-0.15, -0.1) is 0 Å². The Morgan fingerprint density at radius 3 is 1.15 bits per heavy atom. The van der Waals surface area contributed by atoms with Crippen molar-refractivity contribution in [3.8, 4) is 0 Å². The summed E-state index contributed by atoms with van der Waals surface area (Å²) in [5, 5.41) is 3.04. The van der Waals surface area contributed by atoms with Crippen molar-refractivity contribution in [1.29, 1.82) is 0 Å². The first-order valence-corrected chi connectivity index (χ1v) is 36.7. The Bertz CT molecular complexity index is 1820. The fraction of sp³-hybridized carbons (Fsp3) is 0.733. The number of ether oxygens (including phenoxy) is 1. The monoisotopic (exact) mass is 1200 g/mol. The molecule has 0 aromatic rings. The van der Waals surface area contributed by atoms with Gasteiger partial charge in [-0.1, -0.05) is 285 Å². The van der Waals surface area contributed by atoms with E-state index in [2.05, 4.69) is 123 Å². The van der Waals surface area contributed by atoms with E-state index in [1.165, 1.54) is 128 Å². The highest BCUT2D eigenvalue weighted by molar-refractivity contribution is 7.45. The Morgan fingerprint density at radius 2 is 0.753 bits per heavy atom. The van der Waals surface area contributed by atoms with Crippen LogP contribution in [0.25, 0.3) is 0 Å². The first kappa shape index (κ1) is 81.7. The highest BCUT2D eigenvalue weighted by atomic mass is 31.2. The number of likely N-dealkylation sites (N-methyl/N-ethyl adjacent to an activating group) is 1. The average molecular weight is 1210 g/mol. The van der Waals surface area contributed by atoms with Crippen LogP contribution in [0.4, 0.5) is 0 Å². The van der Waals surface area contributed by atoms with Gasteiger partial charge in [0.15, 0.2) is 0 Å². The molecule has 490 valence electrons. The van der Waals surface area contributed by atoms with Crippen LogP contribution in [-0.4, -0.2) is 69.4 Å². The molecule has 0 fully saturated rings. The molecule has 0 aliphatic rings. The minimum absolute atomic E-state index is 0.0296. The number of amides is 1. The van der Waals surface area contributed by atoms with Crippen molar-refractivity contribution in [3.63, 3.8) is 0 Å². The lowest BCUT2D eigenvalue weighted by molar-refractivity contribution is -0.870. The van der Waals surface area contributed by atoms with Crippen LogP contribution in [0.3, 0.4) is 0 Å². The predicted octanol–water partition coefficient (Wildman–Crippen LogP) is 21.8. The number of rotatable bonds is 63. The molecule has 0 aliphatic heterocycles. The second kappa shape index (κ2) is 63.7. The molecular weight excluding hydrogens is 1070 g/mol. The Kier molecular flexibility index (Phi) is 61.2. The number of esters is 1. The van der Waals surface area contributed by atoms with E-state index in [9.17, 15) is 19.0 Å². The van der Waals surface area contributed by atoms with E-state index >= 15 is 0 Å². The van der Waals surface area contributed by atoms with E-state index in [0.29, 0.717) is 23.9 Å². The zero-order valence-corrected chi connectivity index (χ0v) is 56.9. The van der Waals surface area contributed by atoms with Gasteiger partial charge >= 0.3 is 5.97 Å². The van der Waals surface area contributed by atoms with Crippen LogP contribution in [0.5, 0.6) is 0 Å². The lowest BCUT2D eigenvalue weighted by atomic mass is 10.0. The van der Waals surface area contributed by atoms with Gasteiger partial charge in [-0.3, -0.25) is 14.2 Å². The molecule has 85 heavy (non-hydrogen) atoms. The van der Waals surface area contributed by atoms with Crippen molar-refractivity contribution in [2.45, 2.75) is 315 Å². The molecule has 0 heterocycles. The summed E-state index contributed by atoms with van der Waals surface area (Å²) >= 11 is 0. The molecule has 0 saturated carbocycles. The van der Waals surface area contributed by atoms with Gasteiger partial charge in [0.05, 0.1) is 33.8 Å². The summed E-state index contributed by atoms with van der Waals surface area (Å²) in [6, 6.07) is -0.903. The fourth-order valence-electron chi connectivity index (χ4n) is 9.79. The van der Waals surface area contributed by atoms with Gasteiger partial charge < -0.3 is 28.5 Å². The number of phosphoric ester groups is 1. The van der Waals surface area contributed by atoms with Crippen molar-refractivity contribution in [2.75, 3.05) is 40.9 Å². The first-order chi connectivity index (χ1) is 41.4. The lowest BCUT2D eigenvalue weighted by Crippen LogP contribution is -2.47. The number of carbonyl (C=O) groups is 2. The SMILES string of the molecule is CC/C=C\C/C=C\C/C=C\C/C=C\C/C=C\CCCCCCCCCCCCCC(=O)NC(COP(=O)([O-])OCC[N+](C)(C)C)C(/C=C\CCCCCCCCCCCCC)OC(=O)CCCCCCCC/C=C\C/C=C\C/C=C\CCCCC. The molecule has 0 aromatic carbocycles. The third-order valence-electron chi connectivity index (χ3n) is 15.2. The number of allylic oxidation sites excluding steroid dienone is 17. The summed E-state index contributed by atoms with van der Waals surface area (Å²) in [6.45, 7) is 6.71. The number of nitrogens with one attached hydrogen (secondary N) is 1. The summed E-state index contributed by atoms with van der Waals surface area (Å²) in [5.41, 5.74) is 0. The fourth-order valence-corrected chi connectivity index (χ4v) is 10.5. The Hall–Kier alpha value is -3.33. The maximum Gasteiger partial charge on any atom is 0.306 e. The molecule has 0 spiro atoms. The van der Waals surface area contributed by atoms with Crippen molar-refractivity contribution in [2.24, 2.45) is 0 Å². The molecule has 0 bridgehead atoms. The summed E-state index contributed by atoms with van der Waals surface area (Å²) in [4.78, 5) is 40.2. The number of hydrogen-bond donors (Lipinski definition) is 1. The van der Waals surface area contributed by atoms with Crippen LogP contribution < -0.4 is 10.2 Å². The molecule has 0 aliphatic carbocycles. The highest BCUT2D eigenvalue weighted by Gasteiger charge is 2.27. The van der Waals surface area contributed by atoms with E-state index in [0.717, 1.165) is 135 Å². The maximum absolute atomic E-state index is 13.6. The van der Waals surface area contributed by atoms with Gasteiger partial charge in [-0.05, 0) is 115 Å². The van der Waals surface area contributed by atoms with E-state index in [4.69, 9.17) is 13.8 Å². The van der Waals surface area contributed by atoms with Crippen LogP contribution in [-0.2, 0) is 27.9 Å². The zero-order valence-electron chi connectivity index (χ0n) is 56.0. The number of unbranched alkanes of at least 4 members (excludes halogenated alkanes) is 31. The van der Waals surface area contributed by atoms with Crippen LogP contribution in [0.15, 0.2) is 109 Å². The normalized spacial score (nSPS) is 14.2. The standard InChI is InChI=1S/C75H133N2O7P/c1-7-10-13-16-19-22-25-28-30-32-34-35-36-37-38-39-40-41-43-44-46-49-52-55-58-61-64-67-74(78)76-72(71-83-85(80,81)82-70-69-77(4,5)6)73(66-63-60-57-54-51-48-27-24-21-18-15-12-9-3)84-75(79)68-65-62-59-56-53-50-47-45-42-33-31-29-26-23-20-17-14-11-8-2/h10,13,19-20,22-23,28-31,34-35,37-38,42,45,63,66,72-73H,7-9,11-12,14-18,21,24-27,32-33,36,39-41,43-44,46-62,64-65,67-71H2,1-6H3,(H-,76,78,80,81)/b13-10-,22-19-,23-20-,30-28-,31-29-,35-34-,38-37-,45-42-,66-63-. The zero-order chi connectivity index (χ0) is 62.1. The Morgan fingerprint density at radius 1 is 0.424 bits per heavy atom. The molecule has 0 rings (SSSR count). The van der Waals surface area contributed by atoms with Crippen molar-refractivity contribution >= 4 is 19.7 Å². The second-order valence-electron chi connectivity index (χ2n) is 24.6. The number of hydrogen-bond acceptors (Lipinski definition) is 7. The topological polar surface area (TPSA) is 114 Å². The third kappa shape index (κ3) is 65.0. The van der Waals surface area contributed by atoms with Gasteiger partial charge in [-0.2, -0.15) is 0 Å². The van der Waals surface area contributed by atoms with Gasteiger partial charge in [0, 0.05) is 12.8 Å². The first-order valence-electron chi connectivity index (χ1n) is 35.2. The molecule has 1 N–H and O–H groups in total. The van der Waals surface area contributed by atoms with Crippen molar-refractivity contribution < 1.29 is 37.3 Å². The van der Waals surface area contributed by atoms with Gasteiger partial charge in [-0.25, -0.2) is 0 Å². The third-order valence-corrected chi connectivity index (χ3v) is 16.2. The Labute approximate surface area is 525 Å². The van der Waals surface area contributed by atoms with Crippen molar-refractivity contribution in [3.05, 3.63) is 109 Å². The van der Waals surface area contributed by atoms with Crippen molar-refractivity contribution in [1.82, 2.24) is 5.32 Å². The lowest BCUT2D eigenvalue weighted by Gasteiger charge is -2.30. The van der Waals surface area contributed by atoms with Crippen LogP contribution in [0.1, 0.15) is 303 Å². The molecular formula is C75H133N2O7P. The molecule has 0 radical (unpaired) electrons. The van der Waals surface area contributed by atoms with Gasteiger partial charge in [0.1, 0.15) is 19.3 Å². The smallest absolute Gasteiger partial charge is 0.306 e. The van der Waals surface area contributed by atoms with Gasteiger partial charge in [0.2, 0.25) is 5.91 Å². The summed E-state index contributed by atoms with van der Waals surface area (Å²) in [7, 11) is 1.17. The van der Waals surface area contributed by atoms with E-state index in [1.807, 2.05) is 33.3 Å². The minimum Gasteiger partial charge on any atom is -0.756 e. The minimum atomic E-state index is -4.71. The van der Waals surface area contributed by atoms with E-state index in [-0.39, 0.29) is 24.9 Å². The highest BCUT2D eigenvalue weighted by Crippen LogP contribution is 2.38. The van der Waals surface area contributed by atoms with Gasteiger partial charge in [0.25, 0.3) is 7.82 Å². The average Bonchev–Trinajstić information content (AvgIpc) is 3.53. The molecule has 0 saturated heterocycles. The van der Waals surface area contributed by atoms with E-state index in [1.54, 1.807) is 0 Å². The predicted molar refractivity (Wildman–Crippen MR) is 367 cm³/mol. The molecule has 9 nitrogen and oxygen atoms in total. The number of nitrogens with zero attached hydrogens (tertiary/aromatic N) is 1. The number of phosphoric acid groups is 1. The summed E-state index contributed by atoms with van der Waals surface area (Å²) in [6.07, 6.45) is 87.7. The maximum atomic E-state index is 13.6. The van der Waals surface area contributed by atoms with Crippen LogP contribution in [0.2, 0.25) is 0 Å². The largest absolute Gasteiger partial charge is 0.756 e.